The van der Waals surface area contributed by atoms with Crippen molar-refractivity contribution in [1.29, 1.82) is 0 Å². The van der Waals surface area contributed by atoms with Crippen molar-refractivity contribution >= 4 is 11.8 Å². The van der Waals surface area contributed by atoms with Gasteiger partial charge in [0.1, 0.15) is 5.54 Å². The van der Waals surface area contributed by atoms with Gasteiger partial charge in [-0.2, -0.15) is 26.3 Å². The predicted molar refractivity (Wildman–Crippen MR) is 80.5 cm³/mol. The fraction of sp³-hybridized carbons (Fsp3) is 0.500. The first kappa shape index (κ1) is 19.5. The number of amides is 2. The van der Waals surface area contributed by atoms with Gasteiger partial charge in [0, 0.05) is 18.7 Å². The minimum atomic E-state index is -5.02. The molecule has 0 aromatic heterocycles. The third-order valence-electron chi connectivity index (χ3n) is 4.85. The van der Waals surface area contributed by atoms with Gasteiger partial charge < -0.3 is 10.2 Å². The highest BCUT2D eigenvalue weighted by Crippen LogP contribution is 2.37. The number of rotatable bonds is 1. The van der Waals surface area contributed by atoms with Crippen LogP contribution in [0.4, 0.5) is 26.3 Å². The molecule has 2 heterocycles. The van der Waals surface area contributed by atoms with Gasteiger partial charge in [-0.15, -0.1) is 0 Å². The minimum Gasteiger partial charge on any atom is -0.342 e. The van der Waals surface area contributed by atoms with Crippen LogP contribution in [0.3, 0.4) is 0 Å². The number of hydrogen-bond acceptors (Lipinski definition) is 3. The highest BCUT2D eigenvalue weighted by Gasteiger charge is 2.45. The van der Waals surface area contributed by atoms with Crippen molar-refractivity contribution in [2.45, 2.75) is 30.7 Å². The van der Waals surface area contributed by atoms with Crippen LogP contribution in [0.15, 0.2) is 18.2 Å². The molecule has 0 unspecified atom stereocenters. The lowest BCUT2D eigenvalue weighted by atomic mass is 9.87. The molecule has 1 aromatic rings. The molecule has 2 N–H and O–H groups in total. The standard InChI is InChI=1S/C16H15F6N3O2/c17-15(18,19)10-5-9(6-11(7-10)16(20,21)22)12(26)25-3-1-14(2-4-25)13(27)23-8-24-14/h5-7,24H,1-4,8H2,(H,23,27). The highest BCUT2D eigenvalue weighted by molar-refractivity contribution is 5.95. The number of likely N-dealkylation sites (tertiary alicyclic amines) is 1. The second kappa shape index (κ2) is 6.39. The summed E-state index contributed by atoms with van der Waals surface area (Å²) < 4.78 is 77.6. The Kier molecular flexibility index (Phi) is 4.61. The van der Waals surface area contributed by atoms with Gasteiger partial charge in [-0.1, -0.05) is 0 Å². The van der Waals surface area contributed by atoms with Crippen LogP contribution in [0.1, 0.15) is 34.3 Å². The van der Waals surface area contributed by atoms with E-state index in [1.165, 1.54) is 0 Å². The smallest absolute Gasteiger partial charge is 0.342 e. The molecule has 1 aromatic carbocycles. The molecule has 2 fully saturated rings. The Morgan fingerprint density at radius 1 is 0.963 bits per heavy atom. The first-order chi connectivity index (χ1) is 12.4. The van der Waals surface area contributed by atoms with E-state index >= 15 is 0 Å². The Morgan fingerprint density at radius 3 is 1.89 bits per heavy atom. The SMILES string of the molecule is O=C(c1cc(C(F)(F)F)cc(C(F)(F)F)c1)N1CCC2(CC1)NCNC2=O. The van der Waals surface area contributed by atoms with Crippen LogP contribution in [0.25, 0.3) is 0 Å². The zero-order chi connectivity index (χ0) is 20.0. The van der Waals surface area contributed by atoms with E-state index in [0.29, 0.717) is 12.1 Å². The van der Waals surface area contributed by atoms with Crippen LogP contribution in [0.5, 0.6) is 0 Å². The maximum Gasteiger partial charge on any atom is 0.416 e. The van der Waals surface area contributed by atoms with E-state index in [2.05, 4.69) is 10.6 Å². The van der Waals surface area contributed by atoms with Gasteiger partial charge in [-0.25, -0.2) is 0 Å². The largest absolute Gasteiger partial charge is 0.416 e. The lowest BCUT2D eigenvalue weighted by Crippen LogP contribution is -2.55. The summed E-state index contributed by atoms with van der Waals surface area (Å²) in [6.45, 7) is 0.350. The molecule has 2 aliphatic heterocycles. The number of carbonyl (C=O) groups is 2. The Morgan fingerprint density at radius 2 is 1.48 bits per heavy atom. The quantitative estimate of drug-likeness (QED) is 0.718. The van der Waals surface area contributed by atoms with Crippen molar-refractivity contribution in [3.05, 3.63) is 34.9 Å². The Bertz CT molecular complexity index is 734. The predicted octanol–water partition coefficient (Wildman–Crippen LogP) is 2.38. The van der Waals surface area contributed by atoms with Crippen molar-refractivity contribution in [3.8, 4) is 0 Å². The molecule has 2 saturated heterocycles. The topological polar surface area (TPSA) is 61.4 Å². The van der Waals surface area contributed by atoms with Crippen LogP contribution in [0, 0.1) is 0 Å². The Hall–Kier alpha value is -2.30. The summed E-state index contributed by atoms with van der Waals surface area (Å²) in [5, 5.41) is 5.58. The lowest BCUT2D eigenvalue weighted by Gasteiger charge is -2.37. The Labute approximate surface area is 149 Å². The molecule has 2 aliphatic rings. The summed E-state index contributed by atoms with van der Waals surface area (Å²) in [5.74, 6) is -1.16. The van der Waals surface area contributed by atoms with E-state index in [1.807, 2.05) is 0 Å². The van der Waals surface area contributed by atoms with Gasteiger partial charge in [0.15, 0.2) is 0 Å². The number of nitrogens with zero attached hydrogens (tertiary/aromatic N) is 1. The molecule has 2 amide bonds. The maximum atomic E-state index is 12.9. The average Bonchev–Trinajstić information content (AvgIpc) is 2.93. The minimum absolute atomic E-state index is 0.0191. The molecule has 0 radical (unpaired) electrons. The number of alkyl halides is 6. The van der Waals surface area contributed by atoms with Gasteiger partial charge in [-0.05, 0) is 31.0 Å². The molecule has 3 rings (SSSR count). The van der Waals surface area contributed by atoms with Gasteiger partial charge in [0.25, 0.3) is 5.91 Å². The van der Waals surface area contributed by atoms with Crippen LogP contribution in [-0.2, 0) is 17.1 Å². The van der Waals surface area contributed by atoms with E-state index in [-0.39, 0.29) is 44.6 Å². The summed E-state index contributed by atoms with van der Waals surface area (Å²) in [5.41, 5.74) is -4.60. The molecule has 0 atom stereocenters. The number of halogens is 6. The van der Waals surface area contributed by atoms with Crippen LogP contribution < -0.4 is 10.6 Å². The fourth-order valence-electron chi connectivity index (χ4n) is 3.30. The second-order valence-corrected chi connectivity index (χ2v) is 6.53. The summed E-state index contributed by atoms with van der Waals surface area (Å²) in [6, 6.07) is 0.819. The molecule has 0 saturated carbocycles. The molecule has 5 nitrogen and oxygen atoms in total. The van der Waals surface area contributed by atoms with Gasteiger partial charge in [-0.3, -0.25) is 14.9 Å². The van der Waals surface area contributed by atoms with Crippen molar-refractivity contribution in [2.24, 2.45) is 0 Å². The molecule has 1 spiro atoms. The fourth-order valence-corrected chi connectivity index (χ4v) is 3.30. The van der Waals surface area contributed by atoms with E-state index < -0.39 is 40.5 Å². The number of carbonyl (C=O) groups excluding carboxylic acids is 2. The number of nitrogens with one attached hydrogen (secondary N) is 2. The molecule has 0 aliphatic carbocycles. The monoisotopic (exact) mass is 395 g/mol. The molecule has 148 valence electrons. The van der Waals surface area contributed by atoms with E-state index in [4.69, 9.17) is 0 Å². The van der Waals surface area contributed by atoms with Crippen molar-refractivity contribution in [2.75, 3.05) is 19.8 Å². The number of hydrogen-bond donors (Lipinski definition) is 2. The normalized spacial score (nSPS) is 20.1. The molecular formula is C16H15F6N3O2. The summed E-state index contributed by atoms with van der Waals surface area (Å²) in [7, 11) is 0. The first-order valence-corrected chi connectivity index (χ1v) is 8.04. The van der Waals surface area contributed by atoms with Gasteiger partial charge >= 0.3 is 12.4 Å². The summed E-state index contributed by atoms with van der Waals surface area (Å²) in [4.78, 5) is 25.6. The molecular weight excluding hydrogens is 380 g/mol. The van der Waals surface area contributed by atoms with Gasteiger partial charge in [0.05, 0.1) is 17.8 Å². The molecule has 11 heteroatoms. The van der Waals surface area contributed by atoms with Crippen molar-refractivity contribution in [1.82, 2.24) is 15.5 Å². The van der Waals surface area contributed by atoms with Crippen LogP contribution in [-0.4, -0.2) is 42.0 Å². The lowest BCUT2D eigenvalue weighted by molar-refractivity contribution is -0.143. The van der Waals surface area contributed by atoms with E-state index in [0.717, 1.165) is 4.90 Å². The number of piperidine rings is 1. The average molecular weight is 395 g/mol. The summed E-state index contributed by atoms with van der Waals surface area (Å²) >= 11 is 0. The first-order valence-electron chi connectivity index (χ1n) is 8.04. The Balaban J connectivity index is 1.85. The third kappa shape index (κ3) is 3.73. The van der Waals surface area contributed by atoms with Crippen LogP contribution in [0.2, 0.25) is 0 Å². The summed E-state index contributed by atoms with van der Waals surface area (Å²) in [6.07, 6.45) is -9.60. The molecule has 27 heavy (non-hydrogen) atoms. The highest BCUT2D eigenvalue weighted by atomic mass is 19.4. The number of benzene rings is 1. The van der Waals surface area contributed by atoms with Crippen molar-refractivity contribution < 1.29 is 35.9 Å². The maximum absolute atomic E-state index is 12.9. The van der Waals surface area contributed by atoms with E-state index in [1.54, 1.807) is 0 Å². The second-order valence-electron chi connectivity index (χ2n) is 6.53. The van der Waals surface area contributed by atoms with Crippen LogP contribution >= 0.6 is 0 Å². The van der Waals surface area contributed by atoms with Gasteiger partial charge in [0.2, 0.25) is 5.91 Å². The zero-order valence-electron chi connectivity index (χ0n) is 13.8. The third-order valence-corrected chi connectivity index (χ3v) is 4.85. The van der Waals surface area contributed by atoms with Crippen molar-refractivity contribution in [3.63, 3.8) is 0 Å². The molecule has 0 bridgehead atoms. The zero-order valence-corrected chi connectivity index (χ0v) is 13.8. The van der Waals surface area contributed by atoms with E-state index in [9.17, 15) is 35.9 Å².